The van der Waals surface area contributed by atoms with Gasteiger partial charge in [-0.2, -0.15) is 22.0 Å². The summed E-state index contributed by atoms with van der Waals surface area (Å²) in [6, 6.07) is 0. The van der Waals surface area contributed by atoms with E-state index in [2.05, 4.69) is 4.98 Å². The maximum absolute atomic E-state index is 12.6. The van der Waals surface area contributed by atoms with Crippen LogP contribution in [0.25, 0.3) is 0 Å². The molecule has 0 saturated carbocycles. The molecule has 1 aromatic heterocycles. The number of aryl methyl sites for hydroxylation is 2. The Balaban J connectivity index is 2.86. The molecule has 1 N–H and O–H groups in total. The van der Waals surface area contributed by atoms with Gasteiger partial charge < -0.3 is 0 Å². The highest BCUT2D eigenvalue weighted by Gasteiger charge is 2.63. The van der Waals surface area contributed by atoms with Gasteiger partial charge in [0, 0.05) is 4.88 Å². The van der Waals surface area contributed by atoms with Gasteiger partial charge in [0.25, 0.3) is 0 Å². The van der Waals surface area contributed by atoms with Crippen molar-refractivity contribution in [2.75, 3.05) is 5.32 Å². The van der Waals surface area contributed by atoms with E-state index in [9.17, 15) is 26.7 Å². The van der Waals surface area contributed by atoms with Crippen molar-refractivity contribution < 1.29 is 26.7 Å². The number of rotatable bonds is 2. The number of hydrogen-bond acceptors (Lipinski definition) is 3. The molecule has 0 aliphatic carbocycles. The maximum Gasteiger partial charge on any atom is 0.463 e. The van der Waals surface area contributed by atoms with Crippen LogP contribution < -0.4 is 5.32 Å². The van der Waals surface area contributed by atoms with E-state index in [-0.39, 0.29) is 5.13 Å². The molecule has 0 saturated heterocycles. The molecule has 0 aliphatic rings. The third-order valence-electron chi connectivity index (χ3n) is 1.89. The Morgan fingerprint density at radius 2 is 1.76 bits per heavy atom. The lowest BCUT2D eigenvalue weighted by Crippen LogP contribution is -2.47. The normalized spacial score (nSPS) is 12.6. The highest BCUT2D eigenvalue weighted by molar-refractivity contribution is 7.15. The molecule has 0 atom stereocenters. The molecule has 9 heteroatoms. The Kier molecular flexibility index (Phi) is 3.42. The first kappa shape index (κ1) is 13.8. The Morgan fingerprint density at radius 1 is 1.24 bits per heavy atom. The van der Waals surface area contributed by atoms with Crippen molar-refractivity contribution in [1.29, 1.82) is 0 Å². The van der Waals surface area contributed by atoms with Crippen molar-refractivity contribution >= 4 is 22.4 Å². The predicted molar refractivity (Wildman–Crippen MR) is 51.2 cm³/mol. The molecule has 17 heavy (non-hydrogen) atoms. The van der Waals surface area contributed by atoms with Crippen molar-refractivity contribution in [2.24, 2.45) is 0 Å². The minimum atomic E-state index is -5.92. The first-order valence-corrected chi connectivity index (χ1v) is 5.07. The standard InChI is InChI=1S/C8H7F5N2OS/c1-3-4(2)17-6(14-3)15-5(16)7(9,10)8(11,12)13/h1-2H3,(H,14,15,16). The number of aromatic nitrogens is 1. The molecule has 1 heterocycles. The van der Waals surface area contributed by atoms with Gasteiger partial charge >= 0.3 is 18.0 Å². The van der Waals surface area contributed by atoms with E-state index < -0.39 is 18.0 Å². The molecule has 0 aliphatic heterocycles. The summed E-state index contributed by atoms with van der Waals surface area (Å²) in [4.78, 5) is 15.0. The summed E-state index contributed by atoms with van der Waals surface area (Å²) < 4.78 is 60.6. The zero-order chi connectivity index (χ0) is 13.4. The molecule has 0 radical (unpaired) electrons. The second kappa shape index (κ2) is 4.21. The molecule has 0 unspecified atom stereocenters. The van der Waals surface area contributed by atoms with Crippen molar-refractivity contribution in [2.45, 2.75) is 25.9 Å². The summed E-state index contributed by atoms with van der Waals surface area (Å²) in [5, 5.41) is 1.17. The van der Waals surface area contributed by atoms with E-state index in [1.807, 2.05) is 0 Å². The third kappa shape index (κ3) is 2.71. The summed E-state index contributed by atoms with van der Waals surface area (Å²) in [6.45, 7) is 3.15. The van der Waals surface area contributed by atoms with Gasteiger partial charge in [-0.15, -0.1) is 11.3 Å². The SMILES string of the molecule is Cc1nc(NC(=O)C(F)(F)C(F)(F)F)sc1C. The van der Waals surface area contributed by atoms with Crippen molar-refractivity contribution in [1.82, 2.24) is 4.98 Å². The van der Waals surface area contributed by atoms with Crippen LogP contribution in [0.4, 0.5) is 27.1 Å². The van der Waals surface area contributed by atoms with Crippen molar-refractivity contribution in [3.8, 4) is 0 Å². The molecule has 1 aromatic rings. The van der Waals surface area contributed by atoms with Crippen LogP contribution >= 0.6 is 11.3 Å². The Morgan fingerprint density at radius 3 is 2.12 bits per heavy atom. The highest BCUT2D eigenvalue weighted by atomic mass is 32.1. The summed E-state index contributed by atoms with van der Waals surface area (Å²) in [6.07, 6.45) is -5.92. The molecule has 0 fully saturated rings. The van der Waals surface area contributed by atoms with Gasteiger partial charge in [0.05, 0.1) is 5.69 Å². The van der Waals surface area contributed by atoms with E-state index in [4.69, 9.17) is 0 Å². The van der Waals surface area contributed by atoms with Gasteiger partial charge in [-0.1, -0.05) is 0 Å². The quantitative estimate of drug-likeness (QED) is 0.842. The fraction of sp³-hybridized carbons (Fsp3) is 0.500. The average molecular weight is 274 g/mol. The van der Waals surface area contributed by atoms with Crippen molar-refractivity contribution in [3.05, 3.63) is 10.6 Å². The number of halogens is 5. The second-order valence-electron chi connectivity index (χ2n) is 3.19. The molecule has 0 bridgehead atoms. The fourth-order valence-electron chi connectivity index (χ4n) is 0.831. The lowest BCUT2D eigenvalue weighted by molar-refractivity contribution is -0.267. The fourth-order valence-corrected chi connectivity index (χ4v) is 1.64. The van der Waals surface area contributed by atoms with Gasteiger partial charge in [0.15, 0.2) is 5.13 Å². The van der Waals surface area contributed by atoms with Gasteiger partial charge in [0.2, 0.25) is 0 Å². The van der Waals surface area contributed by atoms with Crippen LogP contribution in [0.5, 0.6) is 0 Å². The molecular weight excluding hydrogens is 267 g/mol. The van der Waals surface area contributed by atoms with Crippen LogP contribution in [-0.2, 0) is 4.79 Å². The molecule has 3 nitrogen and oxygen atoms in total. The summed E-state index contributed by atoms with van der Waals surface area (Å²) in [5.41, 5.74) is 0.459. The lowest BCUT2D eigenvalue weighted by Gasteiger charge is -2.17. The minimum absolute atomic E-state index is 0.283. The first-order valence-electron chi connectivity index (χ1n) is 4.25. The van der Waals surface area contributed by atoms with Gasteiger partial charge in [0.1, 0.15) is 0 Å². The molecule has 96 valence electrons. The van der Waals surface area contributed by atoms with Crippen LogP contribution in [0.3, 0.4) is 0 Å². The number of anilines is 1. The predicted octanol–water partition coefficient (Wildman–Crippen LogP) is 2.90. The molecule has 0 aromatic carbocycles. The summed E-state index contributed by atoms with van der Waals surface area (Å²) >= 11 is 0.826. The number of hydrogen-bond donors (Lipinski definition) is 1. The largest absolute Gasteiger partial charge is 0.463 e. The molecule has 1 rings (SSSR count). The van der Waals surface area contributed by atoms with E-state index >= 15 is 0 Å². The number of carbonyl (C=O) groups excluding carboxylic acids is 1. The number of amides is 1. The summed E-state index contributed by atoms with van der Waals surface area (Å²) in [7, 11) is 0. The smallest absolute Gasteiger partial charge is 0.296 e. The van der Waals surface area contributed by atoms with Crippen LogP contribution in [-0.4, -0.2) is 23.0 Å². The van der Waals surface area contributed by atoms with E-state index in [0.29, 0.717) is 10.6 Å². The first-order chi connectivity index (χ1) is 7.55. The van der Waals surface area contributed by atoms with E-state index in [1.54, 1.807) is 13.8 Å². The van der Waals surface area contributed by atoms with Crippen LogP contribution in [0.15, 0.2) is 0 Å². The van der Waals surface area contributed by atoms with Crippen LogP contribution in [0.2, 0.25) is 0 Å². The van der Waals surface area contributed by atoms with Crippen LogP contribution in [0, 0.1) is 13.8 Å². The number of nitrogens with one attached hydrogen (secondary N) is 1. The minimum Gasteiger partial charge on any atom is -0.296 e. The Hall–Kier alpha value is -1.25. The van der Waals surface area contributed by atoms with Gasteiger partial charge in [-0.25, -0.2) is 4.98 Å². The van der Waals surface area contributed by atoms with E-state index in [0.717, 1.165) is 11.3 Å². The number of thiazole rings is 1. The molecular formula is C8H7F5N2OS. The number of nitrogens with zero attached hydrogens (tertiary/aromatic N) is 1. The lowest BCUT2D eigenvalue weighted by atomic mass is 10.3. The Labute approximate surface area is 96.7 Å². The second-order valence-corrected chi connectivity index (χ2v) is 4.39. The monoisotopic (exact) mass is 274 g/mol. The van der Waals surface area contributed by atoms with Gasteiger partial charge in [-0.3, -0.25) is 10.1 Å². The van der Waals surface area contributed by atoms with Gasteiger partial charge in [-0.05, 0) is 13.8 Å². The summed E-state index contributed by atoms with van der Waals surface area (Å²) in [5.74, 6) is -7.86. The number of carbonyl (C=O) groups is 1. The highest BCUT2D eigenvalue weighted by Crippen LogP contribution is 2.36. The molecule has 0 spiro atoms. The van der Waals surface area contributed by atoms with E-state index in [1.165, 1.54) is 5.32 Å². The number of alkyl halides is 5. The molecule has 1 amide bonds. The third-order valence-corrected chi connectivity index (χ3v) is 2.88. The zero-order valence-corrected chi connectivity index (χ0v) is 9.47. The Bertz CT molecular complexity index is 420. The maximum atomic E-state index is 12.6. The van der Waals surface area contributed by atoms with Crippen molar-refractivity contribution in [3.63, 3.8) is 0 Å². The topological polar surface area (TPSA) is 42.0 Å². The average Bonchev–Trinajstić information content (AvgIpc) is 2.43. The zero-order valence-electron chi connectivity index (χ0n) is 8.65. The van der Waals surface area contributed by atoms with Crippen LogP contribution in [0.1, 0.15) is 10.6 Å².